The van der Waals surface area contributed by atoms with Crippen LogP contribution in [0.5, 0.6) is 0 Å². The number of hydrogen-bond donors (Lipinski definition) is 0. The van der Waals surface area contributed by atoms with Gasteiger partial charge < -0.3 is 14.4 Å². The van der Waals surface area contributed by atoms with E-state index in [0.29, 0.717) is 38.8 Å². The van der Waals surface area contributed by atoms with E-state index in [4.69, 9.17) is 9.47 Å². The minimum absolute atomic E-state index is 0.0723. The van der Waals surface area contributed by atoms with Gasteiger partial charge in [-0.15, -0.1) is 0 Å². The third-order valence-corrected chi connectivity index (χ3v) is 6.21. The number of likely N-dealkylation sites (tertiary alicyclic amines) is 1. The summed E-state index contributed by atoms with van der Waals surface area (Å²) in [6.07, 6.45) is 7.49. The molecule has 2 saturated heterocycles. The first-order valence-corrected chi connectivity index (χ1v) is 9.53. The number of methoxy groups -OCH3 is 1. The quantitative estimate of drug-likeness (QED) is 0.716. The van der Waals surface area contributed by atoms with E-state index in [1.54, 1.807) is 4.90 Å². The molecule has 6 nitrogen and oxygen atoms in total. The first kappa shape index (κ1) is 18.2. The normalized spacial score (nSPS) is 35.8. The molecule has 2 aliphatic heterocycles. The highest BCUT2D eigenvalue weighted by molar-refractivity contribution is 5.80. The van der Waals surface area contributed by atoms with E-state index in [1.807, 2.05) is 0 Å². The second-order valence-electron chi connectivity index (χ2n) is 7.61. The number of ether oxygens (including phenoxy) is 2. The lowest BCUT2D eigenvalue weighted by molar-refractivity contribution is -0.164. The van der Waals surface area contributed by atoms with Gasteiger partial charge in [0.25, 0.3) is 0 Å². The van der Waals surface area contributed by atoms with Crippen molar-refractivity contribution in [1.29, 1.82) is 5.26 Å². The summed E-state index contributed by atoms with van der Waals surface area (Å²) in [5, 5.41) is 9.79. The van der Waals surface area contributed by atoms with Crippen LogP contribution in [-0.4, -0.2) is 48.7 Å². The van der Waals surface area contributed by atoms with Gasteiger partial charge in [-0.25, -0.2) is 0 Å². The fourth-order valence-electron chi connectivity index (χ4n) is 4.79. The van der Waals surface area contributed by atoms with E-state index in [1.165, 1.54) is 7.11 Å². The van der Waals surface area contributed by atoms with Gasteiger partial charge in [-0.3, -0.25) is 9.59 Å². The Balaban J connectivity index is 1.67. The molecule has 1 saturated carbocycles. The highest BCUT2D eigenvalue weighted by Crippen LogP contribution is 2.40. The smallest absolute Gasteiger partial charge is 0.308 e. The highest BCUT2D eigenvalue weighted by Gasteiger charge is 2.49. The molecule has 0 aromatic heterocycles. The minimum atomic E-state index is -0.479. The summed E-state index contributed by atoms with van der Waals surface area (Å²) in [4.78, 5) is 26.5. The second kappa shape index (κ2) is 7.74. The van der Waals surface area contributed by atoms with Crippen molar-refractivity contribution in [2.75, 3.05) is 20.3 Å². The Bertz CT molecular complexity index is 537. The van der Waals surface area contributed by atoms with E-state index in [2.05, 4.69) is 6.07 Å². The zero-order valence-electron chi connectivity index (χ0n) is 15.0. The predicted molar refractivity (Wildman–Crippen MR) is 90.3 cm³/mol. The third kappa shape index (κ3) is 3.52. The average Bonchev–Trinajstić information content (AvgIpc) is 2.67. The molecule has 2 atom stereocenters. The molecule has 1 amide bonds. The predicted octanol–water partition coefficient (Wildman–Crippen LogP) is 2.42. The van der Waals surface area contributed by atoms with Gasteiger partial charge >= 0.3 is 5.97 Å². The maximum absolute atomic E-state index is 13.1. The lowest BCUT2D eigenvalue weighted by atomic mass is 9.77. The highest BCUT2D eigenvalue weighted by atomic mass is 16.5. The van der Waals surface area contributed by atoms with Crippen LogP contribution in [0.25, 0.3) is 0 Å². The SMILES string of the molecule is COC(=O)C1CCC(C(=O)N2CCCC3(CCCCO3)C2C#N)CC1. The van der Waals surface area contributed by atoms with Crippen molar-refractivity contribution in [3.05, 3.63) is 0 Å². The average molecular weight is 348 g/mol. The molecule has 0 aromatic rings. The zero-order chi connectivity index (χ0) is 17.9. The lowest BCUT2D eigenvalue weighted by Gasteiger charge is -2.49. The minimum Gasteiger partial charge on any atom is -0.469 e. The zero-order valence-corrected chi connectivity index (χ0v) is 15.0. The number of esters is 1. The molecular formula is C19H28N2O4. The summed E-state index contributed by atoms with van der Waals surface area (Å²) in [6.45, 7) is 1.32. The van der Waals surface area contributed by atoms with Crippen molar-refractivity contribution in [2.45, 2.75) is 69.4 Å². The summed E-state index contributed by atoms with van der Waals surface area (Å²) in [5.41, 5.74) is -0.468. The van der Waals surface area contributed by atoms with Crippen LogP contribution in [0.3, 0.4) is 0 Å². The number of hydrogen-bond acceptors (Lipinski definition) is 5. The maximum Gasteiger partial charge on any atom is 0.308 e. The van der Waals surface area contributed by atoms with Crippen LogP contribution in [0.4, 0.5) is 0 Å². The van der Waals surface area contributed by atoms with E-state index in [0.717, 1.165) is 32.1 Å². The molecule has 3 fully saturated rings. The monoisotopic (exact) mass is 348 g/mol. The summed E-state index contributed by atoms with van der Waals surface area (Å²) < 4.78 is 10.9. The number of nitriles is 1. The van der Waals surface area contributed by atoms with E-state index >= 15 is 0 Å². The molecule has 25 heavy (non-hydrogen) atoms. The summed E-state index contributed by atoms with van der Waals surface area (Å²) in [6, 6.07) is 1.90. The molecule has 3 rings (SSSR count). The Morgan fingerprint density at radius 3 is 2.40 bits per heavy atom. The Morgan fingerprint density at radius 1 is 1.12 bits per heavy atom. The van der Waals surface area contributed by atoms with E-state index in [9.17, 15) is 14.9 Å². The van der Waals surface area contributed by atoms with Crippen LogP contribution in [-0.2, 0) is 19.1 Å². The van der Waals surface area contributed by atoms with Crippen LogP contribution >= 0.6 is 0 Å². The van der Waals surface area contributed by atoms with Crippen molar-refractivity contribution >= 4 is 11.9 Å². The molecule has 1 spiro atoms. The van der Waals surface area contributed by atoms with Crippen LogP contribution in [0, 0.1) is 23.2 Å². The largest absolute Gasteiger partial charge is 0.469 e. The molecule has 0 aromatic carbocycles. The Morgan fingerprint density at radius 2 is 1.80 bits per heavy atom. The fourth-order valence-corrected chi connectivity index (χ4v) is 4.79. The number of amides is 1. The van der Waals surface area contributed by atoms with Gasteiger partial charge in [-0.1, -0.05) is 0 Å². The van der Waals surface area contributed by atoms with Gasteiger partial charge in [-0.05, 0) is 57.8 Å². The number of nitrogens with zero attached hydrogens (tertiary/aromatic N) is 2. The number of piperidine rings is 1. The molecule has 0 N–H and O–H groups in total. The molecule has 2 unspecified atom stereocenters. The topological polar surface area (TPSA) is 79.6 Å². The number of carbonyl (C=O) groups excluding carboxylic acids is 2. The first-order valence-electron chi connectivity index (χ1n) is 9.53. The Hall–Kier alpha value is -1.61. The lowest BCUT2D eigenvalue weighted by Crippen LogP contribution is -2.61. The molecule has 6 heteroatoms. The third-order valence-electron chi connectivity index (χ3n) is 6.21. The van der Waals surface area contributed by atoms with Crippen LogP contribution < -0.4 is 0 Å². The summed E-state index contributed by atoms with van der Waals surface area (Å²) >= 11 is 0. The molecular weight excluding hydrogens is 320 g/mol. The molecule has 138 valence electrons. The van der Waals surface area contributed by atoms with Crippen molar-refractivity contribution in [3.63, 3.8) is 0 Å². The Kier molecular flexibility index (Phi) is 5.63. The van der Waals surface area contributed by atoms with Gasteiger partial charge in [0.05, 0.1) is 19.1 Å². The van der Waals surface area contributed by atoms with Crippen molar-refractivity contribution in [2.24, 2.45) is 11.8 Å². The Labute approximate surface area is 149 Å². The van der Waals surface area contributed by atoms with Crippen LogP contribution in [0.15, 0.2) is 0 Å². The van der Waals surface area contributed by atoms with Crippen molar-refractivity contribution in [1.82, 2.24) is 4.90 Å². The van der Waals surface area contributed by atoms with Crippen molar-refractivity contribution < 1.29 is 19.1 Å². The van der Waals surface area contributed by atoms with Crippen LogP contribution in [0.1, 0.15) is 57.8 Å². The molecule has 1 aliphatic carbocycles. The van der Waals surface area contributed by atoms with Crippen molar-refractivity contribution in [3.8, 4) is 6.07 Å². The van der Waals surface area contributed by atoms with Gasteiger partial charge in [-0.2, -0.15) is 5.26 Å². The molecule has 2 heterocycles. The van der Waals surface area contributed by atoms with Gasteiger partial charge in [0.2, 0.25) is 5.91 Å². The first-order chi connectivity index (χ1) is 12.1. The molecule has 0 bridgehead atoms. The van der Waals surface area contributed by atoms with Gasteiger partial charge in [0, 0.05) is 19.1 Å². The maximum atomic E-state index is 13.1. The summed E-state index contributed by atoms with van der Waals surface area (Å²) in [5.74, 6) is -0.276. The fraction of sp³-hybridized carbons (Fsp3) is 0.842. The van der Waals surface area contributed by atoms with Gasteiger partial charge in [0.15, 0.2) is 0 Å². The number of carbonyl (C=O) groups is 2. The number of rotatable bonds is 2. The van der Waals surface area contributed by atoms with Gasteiger partial charge in [0.1, 0.15) is 11.6 Å². The van der Waals surface area contributed by atoms with E-state index < -0.39 is 11.6 Å². The van der Waals surface area contributed by atoms with Crippen LogP contribution in [0.2, 0.25) is 0 Å². The standard InChI is InChI=1S/C19H28N2O4/c1-24-18(23)15-7-5-14(6-8-15)17(22)21-11-4-10-19(16(21)13-20)9-2-3-12-25-19/h14-16H,2-12H2,1H3. The molecule has 3 aliphatic rings. The molecule has 0 radical (unpaired) electrons. The van der Waals surface area contributed by atoms with E-state index in [-0.39, 0.29) is 23.7 Å². The summed E-state index contributed by atoms with van der Waals surface area (Å²) in [7, 11) is 1.41. The second-order valence-corrected chi connectivity index (χ2v) is 7.61.